The summed E-state index contributed by atoms with van der Waals surface area (Å²) in [6, 6.07) is 9.50. The highest BCUT2D eigenvalue weighted by Crippen LogP contribution is 2.49. The maximum atomic E-state index is 14.3. The van der Waals surface area contributed by atoms with E-state index in [1.807, 2.05) is 0 Å². The van der Waals surface area contributed by atoms with Gasteiger partial charge in [-0.2, -0.15) is 24.9 Å². The highest BCUT2D eigenvalue weighted by atomic mass is 35.5. The largest absolute Gasteiger partial charge is 0.400 e. The maximum Gasteiger partial charge on any atom is 0.400 e. The maximum absolute atomic E-state index is 14.3. The van der Waals surface area contributed by atoms with Crippen LogP contribution in [0.1, 0.15) is 27.9 Å². The summed E-state index contributed by atoms with van der Waals surface area (Å²) in [5.41, 5.74) is -0.0488. The highest BCUT2D eigenvalue weighted by Gasteiger charge is 2.59. The van der Waals surface area contributed by atoms with E-state index in [0.29, 0.717) is 11.3 Å². The molecule has 31 heavy (non-hydrogen) atoms. The van der Waals surface area contributed by atoms with Crippen LogP contribution in [-0.2, 0) is 5.41 Å². The molecule has 1 unspecified atom stereocenters. The number of carbonyl (C=O) groups excluding carboxylic acids is 1. The van der Waals surface area contributed by atoms with Crippen LogP contribution in [0.15, 0.2) is 36.4 Å². The molecule has 2 saturated heterocycles. The van der Waals surface area contributed by atoms with Crippen molar-refractivity contribution in [2.24, 2.45) is 0 Å². The smallest absolute Gasteiger partial charge is 0.370 e. The van der Waals surface area contributed by atoms with Crippen LogP contribution < -0.4 is 10.2 Å². The Morgan fingerprint density at radius 1 is 1.16 bits per heavy atom. The zero-order valence-electron chi connectivity index (χ0n) is 16.7. The van der Waals surface area contributed by atoms with Crippen molar-refractivity contribution in [3.05, 3.63) is 63.1 Å². The van der Waals surface area contributed by atoms with E-state index in [-0.39, 0.29) is 47.1 Å². The summed E-state index contributed by atoms with van der Waals surface area (Å²) in [5, 5.41) is 3.34. The molecule has 4 rings (SSSR count). The lowest BCUT2D eigenvalue weighted by atomic mass is 9.79. The molecule has 0 radical (unpaired) electrons. The number of nitrogens with one attached hydrogen (secondary N) is 1. The normalized spacial score (nSPS) is 21.8. The molecule has 2 aliphatic rings. The number of hydrogen-bond acceptors (Lipinski definition) is 3. The molecule has 0 aromatic heterocycles. The quantitative estimate of drug-likeness (QED) is 0.584. The first-order valence-electron chi connectivity index (χ1n) is 9.86. The molecule has 0 aliphatic carbocycles. The number of rotatable bonds is 4. The molecule has 2 fully saturated rings. The lowest BCUT2D eigenvalue weighted by Crippen LogP contribution is -2.45. The number of carbonyl (C=O) groups is 1. The van der Waals surface area contributed by atoms with E-state index in [1.54, 1.807) is 41.8 Å². The fourth-order valence-electron chi connectivity index (χ4n) is 4.17. The molecule has 166 valence electrons. The predicted molar refractivity (Wildman–Crippen MR) is 121 cm³/mol. The van der Waals surface area contributed by atoms with Gasteiger partial charge in [-0.1, -0.05) is 23.2 Å². The minimum absolute atomic E-state index is 0.0751. The van der Waals surface area contributed by atoms with Crippen LogP contribution in [-0.4, -0.2) is 42.7 Å². The van der Waals surface area contributed by atoms with E-state index >= 15 is 0 Å². The van der Waals surface area contributed by atoms with Gasteiger partial charge in [-0.15, -0.1) is 0 Å². The van der Waals surface area contributed by atoms with Crippen LogP contribution in [0.5, 0.6) is 0 Å². The molecular formula is C22H21Cl2F3N2OS. The monoisotopic (exact) mass is 488 g/mol. The van der Waals surface area contributed by atoms with E-state index in [1.165, 1.54) is 18.2 Å². The number of anilines is 1. The average molecular weight is 489 g/mol. The Kier molecular flexibility index (Phi) is 6.14. The first kappa shape index (κ1) is 22.6. The van der Waals surface area contributed by atoms with Gasteiger partial charge in [0.15, 0.2) is 0 Å². The molecule has 2 aliphatic heterocycles. The fraction of sp³-hybridized carbons (Fsp3) is 0.409. The Labute approximate surface area is 193 Å². The fourth-order valence-corrected chi connectivity index (χ4v) is 5.34. The molecular weight excluding hydrogens is 468 g/mol. The number of benzene rings is 2. The molecule has 0 saturated carbocycles. The summed E-state index contributed by atoms with van der Waals surface area (Å²) in [6.07, 6.45) is -4.57. The summed E-state index contributed by atoms with van der Waals surface area (Å²) in [6.45, 7) is 1.79. The Bertz CT molecular complexity index is 992. The zero-order valence-corrected chi connectivity index (χ0v) is 19.1. The third-order valence-electron chi connectivity index (χ3n) is 6.02. The number of amides is 1. The van der Waals surface area contributed by atoms with Crippen molar-refractivity contribution in [3.63, 3.8) is 0 Å². The predicted octanol–water partition coefficient (Wildman–Crippen LogP) is 5.86. The van der Waals surface area contributed by atoms with Crippen molar-refractivity contribution >= 4 is 46.6 Å². The second-order valence-electron chi connectivity index (χ2n) is 8.12. The third-order valence-corrected chi connectivity index (χ3v) is 7.73. The van der Waals surface area contributed by atoms with Gasteiger partial charge in [0.25, 0.3) is 5.91 Å². The molecule has 2 aromatic carbocycles. The van der Waals surface area contributed by atoms with Gasteiger partial charge in [-0.3, -0.25) is 4.79 Å². The summed E-state index contributed by atoms with van der Waals surface area (Å²) in [7, 11) is 0. The molecule has 1 atom stereocenters. The van der Waals surface area contributed by atoms with Gasteiger partial charge >= 0.3 is 6.18 Å². The van der Waals surface area contributed by atoms with Crippen LogP contribution in [0.2, 0.25) is 10.0 Å². The van der Waals surface area contributed by atoms with E-state index < -0.39 is 11.6 Å². The minimum atomic E-state index is -4.47. The number of aryl methyl sites for hydroxylation is 1. The van der Waals surface area contributed by atoms with Crippen molar-refractivity contribution in [3.8, 4) is 0 Å². The number of halogens is 5. The standard InChI is InChI=1S/C22H21Cl2F3N2OS/c1-13-6-18(2-3-19(13)20(30)28-17-10-31-11-17)29-5-4-21(12-29,22(25,26)27)14-7-15(23)9-16(24)8-14/h2-3,6-9,17H,4-5,10-12H2,1H3,(H,28,30). The molecule has 0 bridgehead atoms. The Morgan fingerprint density at radius 2 is 1.84 bits per heavy atom. The second kappa shape index (κ2) is 8.41. The van der Waals surface area contributed by atoms with Crippen molar-refractivity contribution in [1.82, 2.24) is 5.32 Å². The van der Waals surface area contributed by atoms with Crippen molar-refractivity contribution in [2.45, 2.75) is 31.0 Å². The van der Waals surface area contributed by atoms with E-state index in [2.05, 4.69) is 5.32 Å². The minimum Gasteiger partial charge on any atom is -0.370 e. The first-order valence-corrected chi connectivity index (χ1v) is 11.8. The summed E-state index contributed by atoms with van der Waals surface area (Å²) >= 11 is 13.8. The summed E-state index contributed by atoms with van der Waals surface area (Å²) in [4.78, 5) is 14.2. The van der Waals surface area contributed by atoms with Gasteiger partial charge in [0.05, 0.1) is 0 Å². The first-order chi connectivity index (χ1) is 14.6. The SMILES string of the molecule is Cc1cc(N2CCC(c3cc(Cl)cc(Cl)c3)(C(F)(F)F)C2)ccc1C(=O)NC1CSC1. The number of thioether (sulfide) groups is 1. The molecule has 1 amide bonds. The molecule has 9 heteroatoms. The van der Waals surface area contributed by atoms with E-state index in [4.69, 9.17) is 23.2 Å². The van der Waals surface area contributed by atoms with Gasteiger partial charge in [0.1, 0.15) is 5.41 Å². The number of alkyl halides is 3. The topological polar surface area (TPSA) is 32.3 Å². The van der Waals surface area contributed by atoms with Crippen LogP contribution in [0.3, 0.4) is 0 Å². The van der Waals surface area contributed by atoms with Crippen molar-refractivity contribution in [2.75, 3.05) is 29.5 Å². The van der Waals surface area contributed by atoms with Gasteiger partial charge in [0.2, 0.25) is 0 Å². The van der Waals surface area contributed by atoms with Gasteiger partial charge in [0, 0.05) is 51.9 Å². The molecule has 2 aromatic rings. The Balaban J connectivity index is 1.60. The van der Waals surface area contributed by atoms with Gasteiger partial charge < -0.3 is 10.2 Å². The molecule has 0 spiro atoms. The van der Waals surface area contributed by atoms with Crippen LogP contribution in [0.4, 0.5) is 18.9 Å². The molecule has 2 heterocycles. The van der Waals surface area contributed by atoms with Gasteiger partial charge in [-0.05, 0) is 60.9 Å². The van der Waals surface area contributed by atoms with E-state index in [0.717, 1.165) is 17.1 Å². The number of hydrogen-bond donors (Lipinski definition) is 1. The van der Waals surface area contributed by atoms with Crippen LogP contribution in [0, 0.1) is 6.92 Å². The van der Waals surface area contributed by atoms with Crippen LogP contribution >= 0.6 is 35.0 Å². The molecule has 3 nitrogen and oxygen atoms in total. The summed E-state index contributed by atoms with van der Waals surface area (Å²) < 4.78 is 42.9. The zero-order chi connectivity index (χ0) is 22.4. The van der Waals surface area contributed by atoms with Crippen molar-refractivity contribution in [1.29, 1.82) is 0 Å². The average Bonchev–Trinajstić information content (AvgIpc) is 3.10. The lowest BCUT2D eigenvalue weighted by Gasteiger charge is -2.33. The Hall–Kier alpha value is -1.57. The molecule has 1 N–H and O–H groups in total. The van der Waals surface area contributed by atoms with Gasteiger partial charge in [-0.25, -0.2) is 0 Å². The van der Waals surface area contributed by atoms with E-state index in [9.17, 15) is 18.0 Å². The summed E-state index contributed by atoms with van der Waals surface area (Å²) in [5.74, 6) is 1.67. The second-order valence-corrected chi connectivity index (χ2v) is 10.1. The number of nitrogens with zero attached hydrogens (tertiary/aromatic N) is 1. The highest BCUT2D eigenvalue weighted by molar-refractivity contribution is 8.00. The van der Waals surface area contributed by atoms with Crippen LogP contribution in [0.25, 0.3) is 0 Å². The Morgan fingerprint density at radius 3 is 2.39 bits per heavy atom. The third kappa shape index (κ3) is 4.37. The van der Waals surface area contributed by atoms with Crippen molar-refractivity contribution < 1.29 is 18.0 Å². The lowest BCUT2D eigenvalue weighted by molar-refractivity contribution is -0.184.